The maximum Gasteiger partial charge on any atom is 0.180 e. The van der Waals surface area contributed by atoms with Crippen LogP contribution in [0.5, 0.6) is 0 Å². The van der Waals surface area contributed by atoms with Crippen molar-refractivity contribution in [3.8, 4) is 0 Å². The van der Waals surface area contributed by atoms with E-state index in [4.69, 9.17) is 0 Å². The highest BCUT2D eigenvalue weighted by molar-refractivity contribution is 7.91. The number of piperidine rings is 1. The highest BCUT2D eigenvalue weighted by Crippen LogP contribution is 2.30. The van der Waals surface area contributed by atoms with E-state index in [0.717, 1.165) is 13.1 Å². The molecule has 1 aromatic carbocycles. The van der Waals surface area contributed by atoms with Crippen molar-refractivity contribution >= 4 is 15.5 Å². The highest BCUT2D eigenvalue weighted by atomic mass is 32.2. The standard InChI is InChI=1S/C16H26N2O2S/c1-4-21(19,20)14-9-6-5-8-13(14)18-12-15-16(2,3)10-7-11-17-15/h5-6,8-9,15,17-18H,4,7,10-12H2,1-3H3. The van der Waals surface area contributed by atoms with Gasteiger partial charge in [0.1, 0.15) is 0 Å². The van der Waals surface area contributed by atoms with Crippen molar-refractivity contribution < 1.29 is 8.42 Å². The summed E-state index contributed by atoms with van der Waals surface area (Å²) in [4.78, 5) is 0.404. The first-order chi connectivity index (χ1) is 9.87. The van der Waals surface area contributed by atoms with Gasteiger partial charge in [-0.1, -0.05) is 32.9 Å². The number of rotatable bonds is 5. The molecule has 1 fully saturated rings. The zero-order chi connectivity index (χ0) is 15.5. The number of nitrogens with one attached hydrogen (secondary N) is 2. The summed E-state index contributed by atoms with van der Waals surface area (Å²) in [6.45, 7) is 7.98. The van der Waals surface area contributed by atoms with Crippen LogP contribution in [0.25, 0.3) is 0 Å². The minimum atomic E-state index is -3.19. The van der Waals surface area contributed by atoms with Gasteiger partial charge in [0.15, 0.2) is 9.84 Å². The molecule has 4 nitrogen and oxygen atoms in total. The molecule has 2 rings (SSSR count). The Labute approximate surface area is 128 Å². The topological polar surface area (TPSA) is 58.2 Å². The van der Waals surface area contributed by atoms with E-state index < -0.39 is 9.84 Å². The average molecular weight is 310 g/mol. The van der Waals surface area contributed by atoms with E-state index in [2.05, 4.69) is 24.5 Å². The lowest BCUT2D eigenvalue weighted by molar-refractivity contribution is 0.188. The number of para-hydroxylation sites is 1. The van der Waals surface area contributed by atoms with Gasteiger partial charge in [-0.15, -0.1) is 0 Å². The van der Waals surface area contributed by atoms with Gasteiger partial charge in [-0.05, 0) is 36.9 Å². The van der Waals surface area contributed by atoms with Crippen molar-refractivity contribution in [2.75, 3.05) is 24.2 Å². The molecule has 0 aliphatic carbocycles. The first kappa shape index (κ1) is 16.3. The minimum Gasteiger partial charge on any atom is -0.382 e. The van der Waals surface area contributed by atoms with Gasteiger partial charge >= 0.3 is 0 Å². The summed E-state index contributed by atoms with van der Waals surface area (Å²) >= 11 is 0. The predicted molar refractivity (Wildman–Crippen MR) is 87.5 cm³/mol. The lowest BCUT2D eigenvalue weighted by Gasteiger charge is -2.39. The molecule has 1 unspecified atom stereocenters. The van der Waals surface area contributed by atoms with E-state index in [1.807, 2.05) is 12.1 Å². The predicted octanol–water partition coefficient (Wildman–Crippen LogP) is 2.67. The number of sulfone groups is 1. The fourth-order valence-corrected chi connectivity index (χ4v) is 3.94. The van der Waals surface area contributed by atoms with Gasteiger partial charge in [0.05, 0.1) is 16.3 Å². The summed E-state index contributed by atoms with van der Waals surface area (Å²) < 4.78 is 24.3. The molecule has 1 aromatic rings. The Morgan fingerprint density at radius 3 is 2.71 bits per heavy atom. The molecule has 2 N–H and O–H groups in total. The van der Waals surface area contributed by atoms with Crippen molar-refractivity contribution in [2.45, 2.75) is 44.6 Å². The summed E-state index contributed by atoms with van der Waals surface area (Å²) in [6, 6.07) is 7.52. The third-order valence-corrected chi connectivity index (χ3v) is 6.22. The van der Waals surface area contributed by atoms with E-state index >= 15 is 0 Å². The summed E-state index contributed by atoms with van der Waals surface area (Å²) in [6.07, 6.45) is 2.39. The molecule has 5 heteroatoms. The van der Waals surface area contributed by atoms with E-state index in [-0.39, 0.29) is 11.2 Å². The molecule has 0 aromatic heterocycles. The monoisotopic (exact) mass is 310 g/mol. The van der Waals surface area contributed by atoms with Crippen LogP contribution < -0.4 is 10.6 Å². The SMILES string of the molecule is CCS(=O)(=O)c1ccccc1NCC1NCCCC1(C)C. The number of anilines is 1. The molecule has 1 heterocycles. The first-order valence-electron chi connectivity index (χ1n) is 7.66. The molecule has 1 saturated heterocycles. The van der Waals surface area contributed by atoms with Crippen molar-refractivity contribution in [1.29, 1.82) is 0 Å². The van der Waals surface area contributed by atoms with Gasteiger partial charge in [0.2, 0.25) is 0 Å². The molecular formula is C16H26N2O2S. The van der Waals surface area contributed by atoms with Crippen LogP contribution in [0.1, 0.15) is 33.6 Å². The Hall–Kier alpha value is -1.07. The van der Waals surface area contributed by atoms with Crippen LogP contribution in [0.4, 0.5) is 5.69 Å². The third-order valence-electron chi connectivity index (χ3n) is 4.43. The van der Waals surface area contributed by atoms with Crippen LogP contribution in [-0.2, 0) is 9.84 Å². The Balaban J connectivity index is 2.14. The summed E-state index contributed by atoms with van der Waals surface area (Å²) in [5.74, 6) is 0.124. The van der Waals surface area contributed by atoms with Gasteiger partial charge in [-0.2, -0.15) is 0 Å². The van der Waals surface area contributed by atoms with Crippen molar-refractivity contribution in [3.63, 3.8) is 0 Å². The van der Waals surface area contributed by atoms with Crippen LogP contribution in [0, 0.1) is 5.41 Å². The molecule has 0 bridgehead atoms. The van der Waals surface area contributed by atoms with Gasteiger partial charge in [-0.3, -0.25) is 0 Å². The normalized spacial score (nSPS) is 22.0. The van der Waals surface area contributed by atoms with E-state index in [1.54, 1.807) is 19.1 Å². The maximum atomic E-state index is 12.1. The Bertz CT molecular complexity index is 582. The molecule has 0 spiro atoms. The molecule has 1 atom stereocenters. The van der Waals surface area contributed by atoms with Gasteiger partial charge in [0.25, 0.3) is 0 Å². The fourth-order valence-electron chi connectivity index (χ4n) is 2.87. The molecule has 0 amide bonds. The van der Waals surface area contributed by atoms with Crippen LogP contribution in [-0.4, -0.2) is 33.3 Å². The molecule has 21 heavy (non-hydrogen) atoms. The number of benzene rings is 1. The molecule has 0 saturated carbocycles. The molecular weight excluding hydrogens is 284 g/mol. The van der Waals surface area contributed by atoms with E-state index in [0.29, 0.717) is 16.6 Å². The van der Waals surface area contributed by atoms with Gasteiger partial charge in [-0.25, -0.2) is 8.42 Å². The van der Waals surface area contributed by atoms with Crippen molar-refractivity contribution in [1.82, 2.24) is 5.32 Å². The quantitative estimate of drug-likeness (QED) is 0.878. The highest BCUT2D eigenvalue weighted by Gasteiger charge is 2.31. The lowest BCUT2D eigenvalue weighted by Crippen LogP contribution is -2.50. The second-order valence-corrected chi connectivity index (χ2v) is 8.63. The van der Waals surface area contributed by atoms with E-state index in [9.17, 15) is 8.42 Å². The maximum absolute atomic E-state index is 12.1. The largest absolute Gasteiger partial charge is 0.382 e. The Morgan fingerprint density at radius 1 is 1.33 bits per heavy atom. The van der Waals surface area contributed by atoms with Crippen LogP contribution in [0.3, 0.4) is 0 Å². The Kier molecular flexibility index (Phi) is 4.94. The molecule has 1 aliphatic rings. The molecule has 1 aliphatic heterocycles. The van der Waals surface area contributed by atoms with Crippen LogP contribution >= 0.6 is 0 Å². The minimum absolute atomic E-state index is 0.124. The Morgan fingerprint density at radius 2 is 2.05 bits per heavy atom. The molecule has 118 valence electrons. The summed E-state index contributed by atoms with van der Waals surface area (Å²) in [5, 5.41) is 6.88. The molecule has 0 radical (unpaired) electrons. The lowest BCUT2D eigenvalue weighted by atomic mass is 9.77. The smallest absolute Gasteiger partial charge is 0.180 e. The second kappa shape index (κ2) is 6.36. The van der Waals surface area contributed by atoms with Crippen molar-refractivity contribution in [2.24, 2.45) is 5.41 Å². The number of hydrogen-bond donors (Lipinski definition) is 2. The third kappa shape index (κ3) is 3.77. The van der Waals surface area contributed by atoms with Gasteiger partial charge < -0.3 is 10.6 Å². The van der Waals surface area contributed by atoms with Gasteiger partial charge in [0, 0.05) is 12.6 Å². The van der Waals surface area contributed by atoms with Crippen LogP contribution in [0.2, 0.25) is 0 Å². The zero-order valence-electron chi connectivity index (χ0n) is 13.1. The fraction of sp³-hybridized carbons (Fsp3) is 0.625. The van der Waals surface area contributed by atoms with E-state index in [1.165, 1.54) is 12.8 Å². The zero-order valence-corrected chi connectivity index (χ0v) is 14.0. The average Bonchev–Trinajstić information content (AvgIpc) is 2.46. The first-order valence-corrected chi connectivity index (χ1v) is 9.31. The second-order valence-electron chi connectivity index (χ2n) is 6.38. The number of hydrogen-bond acceptors (Lipinski definition) is 4. The van der Waals surface area contributed by atoms with Crippen LogP contribution in [0.15, 0.2) is 29.2 Å². The van der Waals surface area contributed by atoms with Crippen molar-refractivity contribution in [3.05, 3.63) is 24.3 Å². The summed E-state index contributed by atoms with van der Waals surface area (Å²) in [7, 11) is -3.19. The summed E-state index contributed by atoms with van der Waals surface area (Å²) in [5.41, 5.74) is 0.937.